The lowest BCUT2D eigenvalue weighted by Crippen LogP contribution is -2.42. The van der Waals surface area contributed by atoms with Crippen molar-refractivity contribution in [1.82, 2.24) is 15.5 Å². The van der Waals surface area contributed by atoms with Crippen LogP contribution in [0.2, 0.25) is 5.02 Å². The fourth-order valence-electron chi connectivity index (χ4n) is 2.41. The van der Waals surface area contributed by atoms with Crippen molar-refractivity contribution in [3.63, 3.8) is 0 Å². The number of likely N-dealkylation sites (N-methyl/N-ethyl adjacent to an activating group) is 1. The lowest BCUT2D eigenvalue weighted by Gasteiger charge is -2.20. The molecular formula is C16H24ClN3O2. The van der Waals surface area contributed by atoms with Gasteiger partial charge in [0.05, 0.1) is 6.10 Å². The molecule has 1 unspecified atom stereocenters. The van der Waals surface area contributed by atoms with Gasteiger partial charge in [-0.15, -0.1) is 0 Å². The molecule has 2 rings (SSSR count). The van der Waals surface area contributed by atoms with Gasteiger partial charge in [0.25, 0.3) is 0 Å². The molecule has 1 aromatic carbocycles. The molecule has 1 atom stereocenters. The van der Waals surface area contributed by atoms with Gasteiger partial charge in [0, 0.05) is 30.7 Å². The molecule has 1 saturated carbocycles. The lowest BCUT2D eigenvalue weighted by molar-refractivity contribution is 0.172. The summed E-state index contributed by atoms with van der Waals surface area (Å²) in [5, 5.41) is 16.1. The number of carbonyl (C=O) groups excluding carboxylic acids is 1. The third kappa shape index (κ3) is 5.48. The van der Waals surface area contributed by atoms with Crippen molar-refractivity contribution in [2.24, 2.45) is 0 Å². The topological polar surface area (TPSA) is 64.6 Å². The standard InChI is InChI=1S/C16H24ClN3O2/c1-2-20(14-7-8-14)10-9-18-16(22)19-11-15(21)12-3-5-13(17)6-4-12/h3-6,14-15,21H,2,7-11H2,1H3,(H2,18,19,22). The van der Waals surface area contributed by atoms with Gasteiger partial charge in [-0.05, 0) is 37.1 Å². The van der Waals surface area contributed by atoms with Gasteiger partial charge < -0.3 is 15.7 Å². The first-order valence-electron chi connectivity index (χ1n) is 7.79. The summed E-state index contributed by atoms with van der Waals surface area (Å²) in [5.41, 5.74) is 0.732. The first-order valence-corrected chi connectivity index (χ1v) is 8.17. The van der Waals surface area contributed by atoms with Crippen molar-refractivity contribution in [1.29, 1.82) is 0 Å². The van der Waals surface area contributed by atoms with Gasteiger partial charge >= 0.3 is 6.03 Å². The Bertz CT molecular complexity index is 477. The molecule has 0 bridgehead atoms. The second kappa shape index (κ2) is 8.36. The van der Waals surface area contributed by atoms with Crippen molar-refractivity contribution < 1.29 is 9.90 Å². The zero-order valence-electron chi connectivity index (χ0n) is 12.9. The van der Waals surface area contributed by atoms with Crippen molar-refractivity contribution in [2.45, 2.75) is 31.9 Å². The van der Waals surface area contributed by atoms with Crippen LogP contribution in [0, 0.1) is 0 Å². The molecule has 1 aromatic rings. The average molecular weight is 326 g/mol. The maximum Gasteiger partial charge on any atom is 0.314 e. The number of benzene rings is 1. The molecule has 1 fully saturated rings. The Labute approximate surface area is 136 Å². The Kier molecular flexibility index (Phi) is 6.49. The fraction of sp³-hybridized carbons (Fsp3) is 0.562. The highest BCUT2D eigenvalue weighted by atomic mass is 35.5. The maximum atomic E-state index is 11.7. The largest absolute Gasteiger partial charge is 0.387 e. The first-order chi connectivity index (χ1) is 10.6. The van der Waals surface area contributed by atoms with E-state index in [9.17, 15) is 9.90 Å². The van der Waals surface area contributed by atoms with Crippen LogP contribution in [0.25, 0.3) is 0 Å². The van der Waals surface area contributed by atoms with E-state index in [-0.39, 0.29) is 12.6 Å². The summed E-state index contributed by atoms with van der Waals surface area (Å²) in [6.07, 6.45) is 1.81. The van der Waals surface area contributed by atoms with Crippen LogP contribution in [-0.4, -0.2) is 48.3 Å². The van der Waals surface area contributed by atoms with E-state index in [0.29, 0.717) is 17.6 Å². The van der Waals surface area contributed by atoms with E-state index in [1.54, 1.807) is 24.3 Å². The summed E-state index contributed by atoms with van der Waals surface area (Å²) in [4.78, 5) is 14.1. The third-order valence-electron chi connectivity index (χ3n) is 3.86. The normalized spacial score (nSPS) is 15.6. The van der Waals surface area contributed by atoms with Crippen LogP contribution < -0.4 is 10.6 Å². The van der Waals surface area contributed by atoms with E-state index in [4.69, 9.17) is 11.6 Å². The van der Waals surface area contributed by atoms with Gasteiger partial charge in [0.1, 0.15) is 0 Å². The van der Waals surface area contributed by atoms with E-state index in [2.05, 4.69) is 22.5 Å². The highest BCUT2D eigenvalue weighted by Crippen LogP contribution is 2.25. The van der Waals surface area contributed by atoms with Crippen molar-refractivity contribution in [3.05, 3.63) is 34.9 Å². The minimum Gasteiger partial charge on any atom is -0.387 e. The van der Waals surface area contributed by atoms with Crippen molar-refractivity contribution >= 4 is 17.6 Å². The molecule has 0 heterocycles. The Morgan fingerprint density at radius 3 is 2.64 bits per heavy atom. The molecule has 2 amide bonds. The number of rotatable bonds is 8. The smallest absolute Gasteiger partial charge is 0.314 e. The lowest BCUT2D eigenvalue weighted by atomic mass is 10.1. The number of halogens is 1. The van der Waals surface area contributed by atoms with Gasteiger partial charge in [-0.3, -0.25) is 4.90 Å². The van der Waals surface area contributed by atoms with Gasteiger partial charge in [-0.1, -0.05) is 30.7 Å². The molecule has 1 aliphatic carbocycles. The molecule has 0 saturated heterocycles. The molecule has 1 aliphatic rings. The van der Waals surface area contributed by atoms with E-state index >= 15 is 0 Å². The Morgan fingerprint density at radius 1 is 1.36 bits per heavy atom. The molecule has 122 valence electrons. The van der Waals surface area contributed by atoms with Crippen LogP contribution in [-0.2, 0) is 0 Å². The monoisotopic (exact) mass is 325 g/mol. The molecule has 0 spiro atoms. The zero-order valence-corrected chi connectivity index (χ0v) is 13.6. The van der Waals surface area contributed by atoms with Crippen LogP contribution >= 0.6 is 11.6 Å². The predicted molar refractivity (Wildman–Crippen MR) is 88.1 cm³/mol. The minimum atomic E-state index is -0.735. The number of aliphatic hydroxyl groups excluding tert-OH is 1. The van der Waals surface area contributed by atoms with E-state index in [1.165, 1.54) is 12.8 Å². The van der Waals surface area contributed by atoms with Crippen LogP contribution in [0.15, 0.2) is 24.3 Å². The van der Waals surface area contributed by atoms with Gasteiger partial charge in [-0.25, -0.2) is 4.79 Å². The van der Waals surface area contributed by atoms with Crippen LogP contribution in [0.3, 0.4) is 0 Å². The third-order valence-corrected chi connectivity index (χ3v) is 4.12. The van der Waals surface area contributed by atoms with Crippen LogP contribution in [0.4, 0.5) is 4.79 Å². The van der Waals surface area contributed by atoms with E-state index in [1.807, 2.05) is 0 Å². The number of aliphatic hydroxyl groups is 1. The second-order valence-corrected chi connectivity index (χ2v) is 6.00. The molecule has 0 aliphatic heterocycles. The number of hydrogen-bond acceptors (Lipinski definition) is 3. The maximum absolute atomic E-state index is 11.7. The highest BCUT2D eigenvalue weighted by molar-refractivity contribution is 6.30. The molecule has 0 aromatic heterocycles. The number of hydrogen-bond donors (Lipinski definition) is 3. The first kappa shape index (κ1) is 17.1. The summed E-state index contributed by atoms with van der Waals surface area (Å²) in [7, 11) is 0. The summed E-state index contributed by atoms with van der Waals surface area (Å²) < 4.78 is 0. The van der Waals surface area contributed by atoms with Crippen LogP contribution in [0.1, 0.15) is 31.4 Å². The van der Waals surface area contributed by atoms with Gasteiger partial charge in [0.2, 0.25) is 0 Å². The second-order valence-electron chi connectivity index (χ2n) is 5.56. The SMILES string of the molecule is CCN(CCNC(=O)NCC(O)c1ccc(Cl)cc1)C1CC1. The van der Waals surface area contributed by atoms with Gasteiger partial charge in [0.15, 0.2) is 0 Å². The Balaban J connectivity index is 1.63. The van der Waals surface area contributed by atoms with E-state index < -0.39 is 6.10 Å². The molecular weight excluding hydrogens is 302 g/mol. The summed E-state index contributed by atoms with van der Waals surface area (Å²) in [6.45, 7) is 4.82. The summed E-state index contributed by atoms with van der Waals surface area (Å²) >= 11 is 5.80. The number of nitrogens with zero attached hydrogens (tertiary/aromatic N) is 1. The van der Waals surface area contributed by atoms with Crippen molar-refractivity contribution in [2.75, 3.05) is 26.2 Å². The number of nitrogens with one attached hydrogen (secondary N) is 2. The number of urea groups is 1. The predicted octanol–water partition coefficient (Wildman–Crippen LogP) is 2.16. The highest BCUT2D eigenvalue weighted by Gasteiger charge is 2.27. The minimum absolute atomic E-state index is 0.174. The van der Waals surface area contributed by atoms with E-state index in [0.717, 1.165) is 18.7 Å². The molecule has 0 radical (unpaired) electrons. The molecule has 5 nitrogen and oxygen atoms in total. The number of amides is 2. The Morgan fingerprint density at radius 2 is 2.05 bits per heavy atom. The average Bonchev–Trinajstić information content (AvgIpc) is 3.34. The molecule has 3 N–H and O–H groups in total. The summed E-state index contributed by atoms with van der Waals surface area (Å²) in [6, 6.07) is 7.40. The Hall–Kier alpha value is -1.30. The van der Waals surface area contributed by atoms with Gasteiger partial charge in [-0.2, -0.15) is 0 Å². The van der Waals surface area contributed by atoms with Crippen molar-refractivity contribution in [3.8, 4) is 0 Å². The molecule has 22 heavy (non-hydrogen) atoms. The summed E-state index contributed by atoms with van der Waals surface area (Å²) in [5.74, 6) is 0. The number of carbonyl (C=O) groups is 1. The fourth-order valence-corrected chi connectivity index (χ4v) is 2.53. The quantitative estimate of drug-likeness (QED) is 0.686. The van der Waals surface area contributed by atoms with Crippen LogP contribution in [0.5, 0.6) is 0 Å². The molecule has 6 heteroatoms. The zero-order chi connectivity index (χ0) is 15.9.